The van der Waals surface area contributed by atoms with E-state index in [0.717, 1.165) is 5.39 Å². The molecule has 2 aromatic rings. The van der Waals surface area contributed by atoms with Crippen molar-refractivity contribution in [1.82, 2.24) is 10.3 Å². The standard InChI is InChI=1S/C17H17ClN2O3/c18-14-7-8-19-15-9-11(3-6-13(14)15)16(21)20-12-4-1-10(2-5-12)17(22)23/h3,6-10,12H,1-2,4-5H2,(H,20,21)(H,22,23). The minimum Gasteiger partial charge on any atom is -0.481 e. The molecule has 120 valence electrons. The van der Waals surface area contributed by atoms with Crippen LogP contribution in [0.2, 0.25) is 5.02 Å². The van der Waals surface area contributed by atoms with Crippen molar-refractivity contribution in [3.63, 3.8) is 0 Å². The third-order valence-corrected chi connectivity index (χ3v) is 4.69. The van der Waals surface area contributed by atoms with E-state index in [1.165, 1.54) is 0 Å². The number of carbonyl (C=O) groups excluding carboxylic acids is 1. The Bertz CT molecular complexity index is 755. The third-order valence-electron chi connectivity index (χ3n) is 4.36. The van der Waals surface area contributed by atoms with Crippen molar-refractivity contribution in [2.75, 3.05) is 0 Å². The molecule has 1 aliphatic carbocycles. The summed E-state index contributed by atoms with van der Waals surface area (Å²) in [5, 5.41) is 13.4. The summed E-state index contributed by atoms with van der Waals surface area (Å²) in [7, 11) is 0. The number of benzene rings is 1. The first-order valence-electron chi connectivity index (χ1n) is 7.62. The fraction of sp³-hybridized carbons (Fsp3) is 0.353. The van der Waals surface area contributed by atoms with E-state index in [9.17, 15) is 9.59 Å². The van der Waals surface area contributed by atoms with Crippen LogP contribution in [0.3, 0.4) is 0 Å². The fourth-order valence-electron chi connectivity index (χ4n) is 3.01. The van der Waals surface area contributed by atoms with E-state index >= 15 is 0 Å². The number of nitrogens with zero attached hydrogens (tertiary/aromatic N) is 1. The number of halogens is 1. The summed E-state index contributed by atoms with van der Waals surface area (Å²) < 4.78 is 0. The summed E-state index contributed by atoms with van der Waals surface area (Å²) >= 11 is 6.10. The Kier molecular flexibility index (Phi) is 4.48. The van der Waals surface area contributed by atoms with Crippen LogP contribution in [0.4, 0.5) is 0 Å². The number of aromatic nitrogens is 1. The maximum absolute atomic E-state index is 12.4. The van der Waals surface area contributed by atoms with Crippen LogP contribution in [-0.2, 0) is 4.79 Å². The molecule has 1 aromatic heterocycles. The van der Waals surface area contributed by atoms with Gasteiger partial charge in [0.25, 0.3) is 5.91 Å². The molecule has 1 saturated carbocycles. The molecule has 1 aliphatic rings. The zero-order chi connectivity index (χ0) is 16.4. The normalized spacial score (nSPS) is 21.1. The van der Waals surface area contributed by atoms with E-state index in [-0.39, 0.29) is 17.9 Å². The van der Waals surface area contributed by atoms with Crippen molar-refractivity contribution in [2.24, 2.45) is 5.92 Å². The molecule has 1 aromatic carbocycles. The van der Waals surface area contributed by atoms with Crippen molar-refractivity contribution < 1.29 is 14.7 Å². The summed E-state index contributed by atoms with van der Waals surface area (Å²) in [6, 6.07) is 6.99. The number of nitrogens with one attached hydrogen (secondary N) is 1. The number of pyridine rings is 1. The van der Waals surface area contributed by atoms with Gasteiger partial charge in [0.2, 0.25) is 0 Å². The molecule has 1 amide bonds. The molecule has 0 radical (unpaired) electrons. The number of carboxylic acid groups (broad SMARTS) is 1. The van der Waals surface area contributed by atoms with Gasteiger partial charge in [-0.15, -0.1) is 0 Å². The number of hydrogen-bond donors (Lipinski definition) is 2. The SMILES string of the molecule is O=C(NC1CCC(C(=O)O)CC1)c1ccc2c(Cl)ccnc2c1. The second-order valence-electron chi connectivity index (χ2n) is 5.88. The Morgan fingerprint density at radius 2 is 1.91 bits per heavy atom. The summed E-state index contributed by atoms with van der Waals surface area (Å²) in [5.74, 6) is -1.19. The van der Waals surface area contributed by atoms with Crippen LogP contribution in [-0.4, -0.2) is 28.0 Å². The van der Waals surface area contributed by atoms with E-state index in [2.05, 4.69) is 10.3 Å². The molecule has 1 fully saturated rings. The smallest absolute Gasteiger partial charge is 0.306 e. The van der Waals surface area contributed by atoms with Crippen molar-refractivity contribution in [1.29, 1.82) is 0 Å². The molecular weight excluding hydrogens is 316 g/mol. The van der Waals surface area contributed by atoms with Gasteiger partial charge < -0.3 is 10.4 Å². The van der Waals surface area contributed by atoms with Crippen LogP contribution in [0.25, 0.3) is 10.9 Å². The highest BCUT2D eigenvalue weighted by atomic mass is 35.5. The number of carboxylic acids is 1. The van der Waals surface area contributed by atoms with E-state index in [1.807, 2.05) is 0 Å². The van der Waals surface area contributed by atoms with Gasteiger partial charge in [0.15, 0.2) is 0 Å². The lowest BCUT2D eigenvalue weighted by Crippen LogP contribution is -2.38. The van der Waals surface area contributed by atoms with E-state index in [0.29, 0.717) is 41.8 Å². The molecule has 3 rings (SSSR count). The number of fused-ring (bicyclic) bond motifs is 1. The molecule has 2 N–H and O–H groups in total. The monoisotopic (exact) mass is 332 g/mol. The number of carbonyl (C=O) groups is 2. The first-order chi connectivity index (χ1) is 11.0. The maximum Gasteiger partial charge on any atom is 0.306 e. The quantitative estimate of drug-likeness (QED) is 0.904. The Morgan fingerprint density at radius 1 is 1.17 bits per heavy atom. The zero-order valence-electron chi connectivity index (χ0n) is 12.5. The predicted molar refractivity (Wildman–Crippen MR) is 87.6 cm³/mol. The highest BCUT2D eigenvalue weighted by molar-refractivity contribution is 6.35. The van der Waals surface area contributed by atoms with Gasteiger partial charge in [0.1, 0.15) is 0 Å². The first-order valence-corrected chi connectivity index (χ1v) is 8.00. The van der Waals surface area contributed by atoms with Gasteiger partial charge in [-0.2, -0.15) is 0 Å². The molecule has 0 atom stereocenters. The van der Waals surface area contributed by atoms with Gasteiger partial charge >= 0.3 is 5.97 Å². The third kappa shape index (κ3) is 3.45. The Morgan fingerprint density at radius 3 is 2.61 bits per heavy atom. The molecule has 0 bridgehead atoms. The highest BCUT2D eigenvalue weighted by Crippen LogP contribution is 2.25. The van der Waals surface area contributed by atoms with Crippen LogP contribution in [0.15, 0.2) is 30.5 Å². The number of amides is 1. The molecule has 0 spiro atoms. The molecule has 5 nitrogen and oxygen atoms in total. The van der Waals surface area contributed by atoms with E-state index < -0.39 is 5.97 Å². The van der Waals surface area contributed by atoms with Gasteiger partial charge in [-0.05, 0) is 43.9 Å². The molecule has 0 unspecified atom stereocenters. The first kappa shape index (κ1) is 15.7. The molecule has 0 saturated heterocycles. The molecule has 0 aliphatic heterocycles. The van der Waals surface area contributed by atoms with Crippen molar-refractivity contribution in [3.05, 3.63) is 41.0 Å². The largest absolute Gasteiger partial charge is 0.481 e. The second kappa shape index (κ2) is 6.54. The topological polar surface area (TPSA) is 79.3 Å². The lowest BCUT2D eigenvalue weighted by Gasteiger charge is -2.26. The predicted octanol–water partition coefficient (Wildman–Crippen LogP) is 3.26. The lowest BCUT2D eigenvalue weighted by molar-refractivity contribution is -0.142. The van der Waals surface area contributed by atoms with Crippen molar-refractivity contribution in [2.45, 2.75) is 31.7 Å². The van der Waals surface area contributed by atoms with Crippen LogP contribution in [0.1, 0.15) is 36.0 Å². The number of hydrogen-bond acceptors (Lipinski definition) is 3. The van der Waals surface area contributed by atoms with E-state index in [4.69, 9.17) is 16.7 Å². The fourth-order valence-corrected chi connectivity index (χ4v) is 3.22. The summed E-state index contributed by atoms with van der Waals surface area (Å²) in [5.41, 5.74) is 1.22. The summed E-state index contributed by atoms with van der Waals surface area (Å²) in [4.78, 5) is 27.6. The van der Waals surface area contributed by atoms with Crippen molar-refractivity contribution in [3.8, 4) is 0 Å². The highest BCUT2D eigenvalue weighted by Gasteiger charge is 2.26. The number of rotatable bonds is 3. The second-order valence-corrected chi connectivity index (χ2v) is 6.29. The van der Waals surface area contributed by atoms with Gasteiger partial charge in [-0.1, -0.05) is 17.7 Å². The lowest BCUT2D eigenvalue weighted by atomic mass is 9.86. The van der Waals surface area contributed by atoms with Crippen LogP contribution in [0.5, 0.6) is 0 Å². The summed E-state index contributed by atoms with van der Waals surface area (Å²) in [6.07, 6.45) is 4.21. The Hall–Kier alpha value is -2.14. The molecule has 1 heterocycles. The summed E-state index contributed by atoms with van der Waals surface area (Å²) in [6.45, 7) is 0. The van der Waals surface area contributed by atoms with Crippen LogP contribution in [0, 0.1) is 5.92 Å². The van der Waals surface area contributed by atoms with Gasteiger partial charge in [-0.3, -0.25) is 14.6 Å². The van der Waals surface area contributed by atoms with Gasteiger partial charge in [0, 0.05) is 23.2 Å². The minimum absolute atomic E-state index is 0.0288. The van der Waals surface area contributed by atoms with Crippen LogP contribution >= 0.6 is 11.6 Å². The van der Waals surface area contributed by atoms with Crippen LogP contribution < -0.4 is 5.32 Å². The maximum atomic E-state index is 12.4. The molecule has 23 heavy (non-hydrogen) atoms. The minimum atomic E-state index is -0.743. The van der Waals surface area contributed by atoms with Crippen molar-refractivity contribution >= 4 is 34.4 Å². The molecular formula is C17H17ClN2O3. The molecule has 6 heteroatoms. The average molecular weight is 333 g/mol. The Balaban J connectivity index is 1.68. The van der Waals surface area contributed by atoms with Gasteiger partial charge in [-0.25, -0.2) is 0 Å². The number of aliphatic carboxylic acids is 1. The van der Waals surface area contributed by atoms with Gasteiger partial charge in [0.05, 0.1) is 16.5 Å². The van der Waals surface area contributed by atoms with E-state index in [1.54, 1.807) is 30.5 Å². The zero-order valence-corrected chi connectivity index (χ0v) is 13.2. The Labute approximate surface area is 138 Å². The average Bonchev–Trinajstić information content (AvgIpc) is 2.55.